The van der Waals surface area contributed by atoms with E-state index in [1.807, 2.05) is 30.4 Å². The second-order valence-electron chi connectivity index (χ2n) is 4.89. The third kappa shape index (κ3) is 2.15. The highest BCUT2D eigenvalue weighted by Gasteiger charge is 2.21. The Labute approximate surface area is 110 Å². The molecule has 6 heteroatoms. The molecule has 2 rings (SSSR count). The highest BCUT2D eigenvalue weighted by Crippen LogP contribution is 2.26. The van der Waals surface area contributed by atoms with Gasteiger partial charge in [-0.3, -0.25) is 4.68 Å². The van der Waals surface area contributed by atoms with Gasteiger partial charge >= 0.3 is 0 Å². The molecule has 1 N–H and O–H groups in total. The summed E-state index contributed by atoms with van der Waals surface area (Å²) in [6, 6.07) is 0. The molecule has 0 atom stereocenters. The van der Waals surface area contributed by atoms with Crippen molar-refractivity contribution in [3.8, 4) is 0 Å². The Morgan fingerprint density at radius 2 is 2.12 bits per heavy atom. The molecule has 0 amide bonds. The third-order valence-electron chi connectivity index (χ3n) is 3.02. The van der Waals surface area contributed by atoms with Crippen molar-refractivity contribution in [2.45, 2.75) is 32.1 Å². The maximum Gasteiger partial charge on any atom is 0.179 e. The number of H-pyrrole nitrogens is 1. The van der Waals surface area contributed by atoms with Crippen LogP contribution in [0.2, 0.25) is 0 Å². The summed E-state index contributed by atoms with van der Waals surface area (Å²) in [5.41, 5.74) is 3.12. The first-order valence-corrected chi connectivity index (χ1v) is 7.16. The number of hydrogen-bond acceptors (Lipinski definition) is 3. The molecule has 0 aliphatic carbocycles. The fourth-order valence-electron chi connectivity index (χ4n) is 1.96. The van der Waals surface area contributed by atoms with Gasteiger partial charge in [0.25, 0.3) is 0 Å². The lowest BCUT2D eigenvalue weighted by atomic mass is 10.2. The number of rotatable bonds is 3. The average molecular weight is 270 g/mol. The molecule has 2 heterocycles. The number of imidazole rings is 1. The van der Waals surface area contributed by atoms with Crippen molar-refractivity contribution in [2.24, 2.45) is 7.05 Å². The number of nitrogens with one attached hydrogen (secondary N) is 1. The van der Waals surface area contributed by atoms with Gasteiger partial charge in [0, 0.05) is 18.3 Å². The van der Waals surface area contributed by atoms with Gasteiger partial charge in [0.05, 0.1) is 5.69 Å². The smallest absolute Gasteiger partial charge is 0.179 e. The molecule has 0 spiro atoms. The standard InChI is InChI=1S/C11H18N4S2/c1-7-8-9(14(4)13-7)15(10(16)12-8)6-11(2,3)17-5/h6H2,1-5H3,(H,12,16). The van der Waals surface area contributed by atoms with Crippen LogP contribution in [-0.4, -0.2) is 30.3 Å². The second kappa shape index (κ2) is 4.17. The lowest BCUT2D eigenvalue weighted by molar-refractivity contribution is 0.562. The first-order valence-electron chi connectivity index (χ1n) is 5.53. The lowest BCUT2D eigenvalue weighted by Crippen LogP contribution is -2.23. The first-order chi connectivity index (χ1) is 7.85. The Morgan fingerprint density at radius 1 is 1.47 bits per heavy atom. The molecule has 94 valence electrons. The van der Waals surface area contributed by atoms with Crippen LogP contribution < -0.4 is 0 Å². The molecule has 2 aromatic heterocycles. The van der Waals surface area contributed by atoms with E-state index in [0.29, 0.717) is 0 Å². The van der Waals surface area contributed by atoms with E-state index in [1.54, 1.807) is 0 Å². The molecule has 0 unspecified atom stereocenters. The topological polar surface area (TPSA) is 38.5 Å². The van der Waals surface area contributed by atoms with E-state index in [-0.39, 0.29) is 4.75 Å². The van der Waals surface area contributed by atoms with Crippen LogP contribution in [0.15, 0.2) is 0 Å². The van der Waals surface area contributed by atoms with Crippen LogP contribution in [-0.2, 0) is 13.6 Å². The van der Waals surface area contributed by atoms with Gasteiger partial charge in [0.1, 0.15) is 5.52 Å². The van der Waals surface area contributed by atoms with Gasteiger partial charge in [0.15, 0.2) is 10.4 Å². The molecule has 4 nitrogen and oxygen atoms in total. The Kier molecular flexibility index (Phi) is 3.12. The molecule has 0 saturated carbocycles. The van der Waals surface area contributed by atoms with E-state index in [0.717, 1.165) is 28.2 Å². The highest BCUT2D eigenvalue weighted by atomic mass is 32.2. The molecule has 0 bridgehead atoms. The third-order valence-corrected chi connectivity index (χ3v) is 4.57. The van der Waals surface area contributed by atoms with E-state index in [9.17, 15) is 0 Å². The number of aryl methyl sites for hydroxylation is 2. The summed E-state index contributed by atoms with van der Waals surface area (Å²) in [6.45, 7) is 7.33. The van der Waals surface area contributed by atoms with Crippen LogP contribution in [0.1, 0.15) is 19.5 Å². The monoisotopic (exact) mass is 270 g/mol. The Balaban J connectivity index is 2.61. The maximum absolute atomic E-state index is 5.40. The molecule has 0 fully saturated rings. The van der Waals surface area contributed by atoms with Gasteiger partial charge in [-0.05, 0) is 39.2 Å². The summed E-state index contributed by atoms with van der Waals surface area (Å²) in [5.74, 6) is 0. The SMILES string of the molecule is CSC(C)(C)Cn1c(=S)[nH]c2c(C)nn(C)c21. The number of aromatic amines is 1. The van der Waals surface area contributed by atoms with Crippen LogP contribution >= 0.6 is 24.0 Å². The van der Waals surface area contributed by atoms with Crippen molar-refractivity contribution in [1.82, 2.24) is 19.3 Å². The molecule has 0 aliphatic rings. The number of thioether (sulfide) groups is 1. The van der Waals surface area contributed by atoms with Gasteiger partial charge in [-0.25, -0.2) is 0 Å². The van der Waals surface area contributed by atoms with Crippen molar-refractivity contribution in [3.05, 3.63) is 10.5 Å². The lowest BCUT2D eigenvalue weighted by Gasteiger charge is -2.22. The second-order valence-corrected chi connectivity index (χ2v) is 6.79. The minimum atomic E-state index is 0.158. The first kappa shape index (κ1) is 12.7. The van der Waals surface area contributed by atoms with Gasteiger partial charge < -0.3 is 9.55 Å². The van der Waals surface area contributed by atoms with E-state index < -0.39 is 0 Å². The van der Waals surface area contributed by atoms with Gasteiger partial charge in [-0.15, -0.1) is 0 Å². The number of fused-ring (bicyclic) bond motifs is 1. The van der Waals surface area contributed by atoms with Crippen LogP contribution in [0.5, 0.6) is 0 Å². The Morgan fingerprint density at radius 3 is 2.71 bits per heavy atom. The zero-order valence-electron chi connectivity index (χ0n) is 10.9. The summed E-state index contributed by atoms with van der Waals surface area (Å²) in [7, 11) is 1.96. The van der Waals surface area contributed by atoms with Gasteiger partial charge in [0.2, 0.25) is 0 Å². The molecular formula is C11H18N4S2. The van der Waals surface area contributed by atoms with Crippen LogP contribution in [0.25, 0.3) is 11.2 Å². The molecule has 0 radical (unpaired) electrons. The summed E-state index contributed by atoms with van der Waals surface area (Å²) >= 11 is 7.24. The van der Waals surface area contributed by atoms with Crippen molar-refractivity contribution in [2.75, 3.05) is 6.26 Å². The molecule has 0 aromatic carbocycles. The van der Waals surface area contributed by atoms with Gasteiger partial charge in [-0.2, -0.15) is 16.9 Å². The fraction of sp³-hybridized carbons (Fsp3) is 0.636. The number of nitrogens with zero attached hydrogens (tertiary/aromatic N) is 3. The van der Waals surface area contributed by atoms with Crippen molar-refractivity contribution in [3.63, 3.8) is 0 Å². The molecule has 0 aliphatic heterocycles. The van der Waals surface area contributed by atoms with Crippen molar-refractivity contribution >= 4 is 35.1 Å². The predicted molar refractivity (Wildman–Crippen MR) is 76.2 cm³/mol. The van der Waals surface area contributed by atoms with Crippen LogP contribution in [0.3, 0.4) is 0 Å². The normalized spacial score (nSPS) is 12.5. The van der Waals surface area contributed by atoms with E-state index in [4.69, 9.17) is 12.2 Å². The molecule has 2 aromatic rings. The zero-order chi connectivity index (χ0) is 12.8. The largest absolute Gasteiger partial charge is 0.328 e. The quantitative estimate of drug-likeness (QED) is 0.872. The summed E-state index contributed by atoms with van der Waals surface area (Å²) in [5, 5.41) is 4.42. The Hall–Kier alpha value is -0.750. The minimum absolute atomic E-state index is 0.158. The maximum atomic E-state index is 5.40. The van der Waals surface area contributed by atoms with E-state index in [1.165, 1.54) is 0 Å². The molecular weight excluding hydrogens is 252 g/mol. The Bertz CT molecular complexity index is 603. The highest BCUT2D eigenvalue weighted by molar-refractivity contribution is 7.99. The van der Waals surface area contributed by atoms with E-state index in [2.05, 4.69) is 34.8 Å². The van der Waals surface area contributed by atoms with Crippen molar-refractivity contribution in [1.29, 1.82) is 0 Å². The van der Waals surface area contributed by atoms with Crippen LogP contribution in [0, 0.1) is 11.7 Å². The summed E-state index contributed by atoms with van der Waals surface area (Å²) in [4.78, 5) is 3.25. The minimum Gasteiger partial charge on any atom is -0.328 e. The number of hydrogen-bond donors (Lipinski definition) is 1. The molecule has 0 saturated heterocycles. The van der Waals surface area contributed by atoms with Crippen molar-refractivity contribution < 1.29 is 0 Å². The molecule has 17 heavy (non-hydrogen) atoms. The summed E-state index contributed by atoms with van der Waals surface area (Å²) < 4.78 is 4.97. The zero-order valence-corrected chi connectivity index (χ0v) is 12.5. The average Bonchev–Trinajstić information content (AvgIpc) is 2.68. The summed E-state index contributed by atoms with van der Waals surface area (Å²) in [6.07, 6.45) is 2.13. The fourth-order valence-corrected chi connectivity index (χ4v) is 2.48. The predicted octanol–water partition coefficient (Wildman–Crippen LogP) is 2.88. The van der Waals surface area contributed by atoms with Crippen LogP contribution in [0.4, 0.5) is 0 Å². The number of aromatic nitrogens is 4. The van der Waals surface area contributed by atoms with Gasteiger partial charge in [-0.1, -0.05) is 0 Å². The van der Waals surface area contributed by atoms with E-state index >= 15 is 0 Å².